The summed E-state index contributed by atoms with van der Waals surface area (Å²) in [5.41, 5.74) is 2.49. The Morgan fingerprint density at radius 2 is 1.93 bits per heavy atom. The molecule has 0 atom stereocenters. The zero-order valence-electron chi connectivity index (χ0n) is 16.6. The highest BCUT2D eigenvalue weighted by molar-refractivity contribution is 6.31. The largest absolute Gasteiger partial charge is 0.338 e. The molecule has 2 aromatic carbocycles. The van der Waals surface area contributed by atoms with Crippen molar-refractivity contribution in [2.75, 3.05) is 26.2 Å². The minimum atomic E-state index is -0.528. The molecule has 0 unspecified atom stereocenters. The lowest BCUT2D eigenvalue weighted by Gasteiger charge is -2.21. The van der Waals surface area contributed by atoms with Gasteiger partial charge in [0.1, 0.15) is 5.82 Å². The molecule has 8 heteroatoms. The molecule has 4 rings (SSSR count). The summed E-state index contributed by atoms with van der Waals surface area (Å²) in [5.74, 6) is 0.457. The molecule has 1 fully saturated rings. The average Bonchev–Trinajstić information content (AvgIpc) is 3.08. The number of benzene rings is 2. The van der Waals surface area contributed by atoms with Crippen LogP contribution in [0.1, 0.15) is 28.2 Å². The van der Waals surface area contributed by atoms with Gasteiger partial charge in [-0.15, -0.1) is 0 Å². The van der Waals surface area contributed by atoms with Crippen molar-refractivity contribution in [1.82, 2.24) is 19.9 Å². The summed E-state index contributed by atoms with van der Waals surface area (Å²) in [5, 5.41) is 4.04. The number of aryl methyl sites for hydroxylation is 1. The Labute approximate surface area is 179 Å². The molecule has 1 amide bonds. The number of amides is 1. The third-order valence-corrected chi connectivity index (χ3v) is 5.47. The third-order valence-electron chi connectivity index (χ3n) is 5.18. The van der Waals surface area contributed by atoms with E-state index in [9.17, 15) is 9.18 Å². The van der Waals surface area contributed by atoms with Crippen LogP contribution in [0.25, 0.3) is 11.4 Å². The monoisotopic (exact) mass is 428 g/mol. The number of hydrogen-bond donors (Lipinski definition) is 0. The van der Waals surface area contributed by atoms with E-state index in [0.717, 1.165) is 18.5 Å². The third kappa shape index (κ3) is 4.68. The number of nitrogens with zero attached hydrogens (tertiary/aromatic N) is 4. The molecule has 6 nitrogen and oxygen atoms in total. The summed E-state index contributed by atoms with van der Waals surface area (Å²) >= 11 is 5.82. The fourth-order valence-corrected chi connectivity index (χ4v) is 3.65. The van der Waals surface area contributed by atoms with Crippen molar-refractivity contribution < 1.29 is 13.7 Å². The second-order valence-corrected chi connectivity index (χ2v) is 7.84. The lowest BCUT2D eigenvalue weighted by Crippen LogP contribution is -2.35. The van der Waals surface area contributed by atoms with Crippen LogP contribution < -0.4 is 0 Å². The molecule has 0 radical (unpaired) electrons. The fraction of sp³-hybridized carbons (Fsp3) is 0.318. The van der Waals surface area contributed by atoms with Crippen molar-refractivity contribution in [1.29, 1.82) is 0 Å². The Hall–Kier alpha value is -2.77. The highest BCUT2D eigenvalue weighted by Gasteiger charge is 2.22. The quantitative estimate of drug-likeness (QED) is 0.623. The van der Waals surface area contributed by atoms with Crippen molar-refractivity contribution in [2.45, 2.75) is 19.9 Å². The number of rotatable bonds is 4. The smallest absolute Gasteiger partial charge is 0.253 e. The summed E-state index contributed by atoms with van der Waals surface area (Å²) in [4.78, 5) is 21.2. The number of carbonyl (C=O) groups is 1. The molecule has 2 heterocycles. The standard InChI is InChI=1S/C22H22ClFN4O2/c1-15-3-5-16(6-4-15)21-25-20(30-26-21)14-27-9-2-10-28(12-11-27)22(29)17-7-8-19(24)18(23)13-17/h3-8,13H,2,9-12,14H2,1H3. The Bertz CT molecular complexity index is 1040. The van der Waals surface area contributed by atoms with Crippen LogP contribution in [0.5, 0.6) is 0 Å². The Morgan fingerprint density at radius 3 is 2.70 bits per heavy atom. The molecule has 0 N–H and O–H groups in total. The predicted octanol–water partition coefficient (Wildman–Crippen LogP) is 4.19. The summed E-state index contributed by atoms with van der Waals surface area (Å²) in [7, 11) is 0. The average molecular weight is 429 g/mol. The van der Waals surface area contributed by atoms with Crippen molar-refractivity contribution in [3.8, 4) is 11.4 Å². The Kier molecular flexibility index (Phi) is 6.11. The Balaban J connectivity index is 1.37. The first-order chi connectivity index (χ1) is 14.5. The van der Waals surface area contributed by atoms with Crippen LogP contribution in [-0.4, -0.2) is 52.0 Å². The lowest BCUT2D eigenvalue weighted by molar-refractivity contribution is 0.0760. The zero-order chi connectivity index (χ0) is 21.1. The van der Waals surface area contributed by atoms with Crippen LogP contribution in [0.4, 0.5) is 4.39 Å². The van der Waals surface area contributed by atoms with E-state index in [1.807, 2.05) is 31.2 Å². The second kappa shape index (κ2) is 8.93. The minimum absolute atomic E-state index is 0.0435. The van der Waals surface area contributed by atoms with E-state index in [2.05, 4.69) is 15.0 Å². The van der Waals surface area contributed by atoms with E-state index in [0.29, 0.717) is 43.5 Å². The van der Waals surface area contributed by atoms with Gasteiger partial charge in [0, 0.05) is 37.3 Å². The summed E-state index contributed by atoms with van der Waals surface area (Å²) in [6.07, 6.45) is 0.819. The van der Waals surface area contributed by atoms with E-state index >= 15 is 0 Å². The molecule has 0 aliphatic carbocycles. The summed E-state index contributed by atoms with van der Waals surface area (Å²) in [6.45, 7) is 5.25. The first kappa shape index (κ1) is 20.5. The normalized spacial score (nSPS) is 15.2. The molecule has 1 aliphatic rings. The van der Waals surface area contributed by atoms with Crippen LogP contribution >= 0.6 is 11.6 Å². The van der Waals surface area contributed by atoms with Gasteiger partial charge in [-0.25, -0.2) is 4.39 Å². The van der Waals surface area contributed by atoms with Gasteiger partial charge in [0.25, 0.3) is 5.91 Å². The van der Waals surface area contributed by atoms with Gasteiger partial charge in [-0.3, -0.25) is 9.69 Å². The zero-order valence-corrected chi connectivity index (χ0v) is 17.4. The van der Waals surface area contributed by atoms with E-state index < -0.39 is 5.82 Å². The van der Waals surface area contributed by atoms with Crippen LogP contribution in [0.3, 0.4) is 0 Å². The fourth-order valence-electron chi connectivity index (χ4n) is 3.47. The van der Waals surface area contributed by atoms with Crippen molar-refractivity contribution in [3.05, 3.63) is 70.3 Å². The number of carbonyl (C=O) groups excluding carboxylic acids is 1. The number of hydrogen-bond acceptors (Lipinski definition) is 5. The van der Waals surface area contributed by atoms with E-state index in [4.69, 9.17) is 16.1 Å². The van der Waals surface area contributed by atoms with Gasteiger partial charge in [-0.2, -0.15) is 4.98 Å². The molecule has 1 saturated heterocycles. The first-order valence-corrected chi connectivity index (χ1v) is 10.2. The van der Waals surface area contributed by atoms with E-state index in [-0.39, 0.29) is 10.9 Å². The van der Waals surface area contributed by atoms with Gasteiger partial charge < -0.3 is 9.42 Å². The van der Waals surface area contributed by atoms with Gasteiger partial charge in [0.2, 0.25) is 11.7 Å². The molecule has 0 saturated carbocycles. The van der Waals surface area contributed by atoms with Crippen LogP contribution in [0.15, 0.2) is 47.0 Å². The van der Waals surface area contributed by atoms with Crippen LogP contribution in [0.2, 0.25) is 5.02 Å². The molecular formula is C22H22ClFN4O2. The van der Waals surface area contributed by atoms with Crippen LogP contribution in [0, 0.1) is 12.7 Å². The van der Waals surface area contributed by atoms with Gasteiger partial charge in [-0.05, 0) is 31.5 Å². The molecule has 30 heavy (non-hydrogen) atoms. The predicted molar refractivity (Wildman–Crippen MR) is 112 cm³/mol. The molecule has 3 aromatic rings. The van der Waals surface area contributed by atoms with Crippen molar-refractivity contribution in [3.63, 3.8) is 0 Å². The van der Waals surface area contributed by atoms with Gasteiger partial charge in [0.15, 0.2) is 0 Å². The number of aromatic nitrogens is 2. The van der Waals surface area contributed by atoms with Gasteiger partial charge in [-0.1, -0.05) is 46.6 Å². The SMILES string of the molecule is Cc1ccc(-c2noc(CN3CCCN(C(=O)c4ccc(F)c(Cl)c4)CC3)n2)cc1. The van der Waals surface area contributed by atoms with Crippen molar-refractivity contribution in [2.24, 2.45) is 0 Å². The highest BCUT2D eigenvalue weighted by atomic mass is 35.5. The maximum absolute atomic E-state index is 13.4. The number of halogens is 2. The first-order valence-electron chi connectivity index (χ1n) is 9.86. The van der Waals surface area contributed by atoms with Crippen LogP contribution in [-0.2, 0) is 6.54 Å². The molecule has 1 aromatic heterocycles. The molecule has 156 valence electrons. The lowest BCUT2D eigenvalue weighted by atomic mass is 10.1. The minimum Gasteiger partial charge on any atom is -0.338 e. The maximum atomic E-state index is 13.4. The molecular weight excluding hydrogens is 407 g/mol. The molecule has 0 bridgehead atoms. The second-order valence-electron chi connectivity index (χ2n) is 7.43. The highest BCUT2D eigenvalue weighted by Crippen LogP contribution is 2.19. The maximum Gasteiger partial charge on any atom is 0.253 e. The van der Waals surface area contributed by atoms with E-state index in [1.54, 1.807) is 4.90 Å². The van der Waals surface area contributed by atoms with Gasteiger partial charge in [0.05, 0.1) is 11.6 Å². The molecule has 1 aliphatic heterocycles. The summed E-state index contributed by atoms with van der Waals surface area (Å²) < 4.78 is 18.8. The summed E-state index contributed by atoms with van der Waals surface area (Å²) in [6, 6.07) is 12.0. The molecule has 0 spiro atoms. The van der Waals surface area contributed by atoms with E-state index in [1.165, 1.54) is 23.8 Å². The van der Waals surface area contributed by atoms with Gasteiger partial charge >= 0.3 is 0 Å². The topological polar surface area (TPSA) is 62.5 Å². The Morgan fingerprint density at radius 1 is 1.13 bits per heavy atom. The van der Waals surface area contributed by atoms with Crippen molar-refractivity contribution >= 4 is 17.5 Å².